The number of nitrogens with zero attached hydrogens (tertiary/aromatic N) is 2. The number of nitrogens with one attached hydrogen (secondary N) is 1. The molecule has 0 saturated heterocycles. The Bertz CT molecular complexity index is 924. The van der Waals surface area contributed by atoms with Gasteiger partial charge in [-0.25, -0.2) is 0 Å². The molecule has 0 aromatic heterocycles. The van der Waals surface area contributed by atoms with E-state index in [-0.39, 0.29) is 18.0 Å². The molecule has 2 rings (SSSR count). The van der Waals surface area contributed by atoms with Crippen LogP contribution in [0.1, 0.15) is 29.2 Å². The van der Waals surface area contributed by atoms with Crippen LogP contribution in [-0.2, 0) is 27.3 Å². The Morgan fingerprint density at radius 1 is 1.10 bits per heavy atom. The molecule has 2 aromatic rings. The number of benzene rings is 2. The fourth-order valence-electron chi connectivity index (χ4n) is 2.47. The molecule has 0 heterocycles. The molecule has 6 nitrogen and oxygen atoms in total. The zero-order valence-electron chi connectivity index (χ0n) is 16.1. The Morgan fingerprint density at radius 3 is 2.48 bits per heavy atom. The van der Waals surface area contributed by atoms with Gasteiger partial charge in [-0.1, -0.05) is 46.7 Å². The molecule has 0 atom stereocenters. The highest BCUT2D eigenvalue weighted by atomic mass is 19.4. The van der Waals surface area contributed by atoms with E-state index in [2.05, 4.69) is 15.6 Å². The van der Waals surface area contributed by atoms with E-state index in [0.29, 0.717) is 16.7 Å². The van der Waals surface area contributed by atoms with E-state index in [4.69, 9.17) is 9.68 Å². The van der Waals surface area contributed by atoms with Crippen LogP contribution < -0.4 is 5.32 Å². The molecule has 2 aromatic carbocycles. The van der Waals surface area contributed by atoms with Gasteiger partial charge < -0.3 is 15.0 Å². The summed E-state index contributed by atoms with van der Waals surface area (Å²) >= 11 is 0. The van der Waals surface area contributed by atoms with Crippen molar-refractivity contribution < 1.29 is 27.6 Å². The molecule has 1 N–H and O–H groups in total. The number of oxime groups is 2. The van der Waals surface area contributed by atoms with Crippen molar-refractivity contribution in [3.63, 3.8) is 0 Å². The smallest absolute Gasteiger partial charge is 0.398 e. The van der Waals surface area contributed by atoms with E-state index in [1.807, 2.05) is 0 Å². The Morgan fingerprint density at radius 2 is 1.83 bits per heavy atom. The Kier molecular flexibility index (Phi) is 7.35. The molecule has 0 bridgehead atoms. The van der Waals surface area contributed by atoms with Crippen LogP contribution in [0.5, 0.6) is 0 Å². The Balaban J connectivity index is 2.21. The molecular weight excluding hydrogens is 387 g/mol. The number of rotatable bonds is 7. The highest BCUT2D eigenvalue weighted by Gasteiger charge is 2.30. The van der Waals surface area contributed by atoms with Crippen LogP contribution in [0.3, 0.4) is 0 Å². The van der Waals surface area contributed by atoms with Crippen molar-refractivity contribution in [3.05, 3.63) is 70.8 Å². The molecular formula is C20H20F3N3O3. The second kappa shape index (κ2) is 9.72. The van der Waals surface area contributed by atoms with E-state index in [1.54, 1.807) is 31.2 Å². The number of amides is 1. The van der Waals surface area contributed by atoms with Gasteiger partial charge in [0.2, 0.25) is 0 Å². The van der Waals surface area contributed by atoms with Crippen molar-refractivity contribution in [2.45, 2.75) is 19.7 Å². The van der Waals surface area contributed by atoms with Crippen molar-refractivity contribution in [3.8, 4) is 0 Å². The van der Waals surface area contributed by atoms with Crippen LogP contribution in [0, 0.1) is 0 Å². The SMILES string of the molecule is CNC(=O)/C(=N\OC)c1ccccc1CO/N=C(/C)c1cccc(C(F)(F)F)c1. The summed E-state index contributed by atoms with van der Waals surface area (Å²) in [5, 5.41) is 10.1. The molecule has 0 aliphatic carbocycles. The minimum absolute atomic E-state index is 0.0216. The summed E-state index contributed by atoms with van der Waals surface area (Å²) in [6.07, 6.45) is -4.44. The summed E-state index contributed by atoms with van der Waals surface area (Å²) in [5.41, 5.74) is 0.965. The molecule has 0 fully saturated rings. The molecule has 154 valence electrons. The first-order valence-electron chi connectivity index (χ1n) is 8.53. The first kappa shape index (κ1) is 21.9. The highest BCUT2D eigenvalue weighted by molar-refractivity contribution is 6.45. The largest absolute Gasteiger partial charge is 0.416 e. The van der Waals surface area contributed by atoms with E-state index < -0.39 is 17.6 Å². The van der Waals surface area contributed by atoms with Gasteiger partial charge >= 0.3 is 6.18 Å². The van der Waals surface area contributed by atoms with Gasteiger partial charge in [0.05, 0.1) is 11.3 Å². The second-order valence-corrected chi connectivity index (χ2v) is 5.89. The molecule has 0 radical (unpaired) electrons. The van der Waals surface area contributed by atoms with Crippen molar-refractivity contribution >= 4 is 17.3 Å². The minimum atomic E-state index is -4.44. The lowest BCUT2D eigenvalue weighted by Crippen LogP contribution is -2.29. The third-order valence-corrected chi connectivity index (χ3v) is 3.93. The van der Waals surface area contributed by atoms with Crippen molar-refractivity contribution in [1.82, 2.24) is 5.32 Å². The fourth-order valence-corrected chi connectivity index (χ4v) is 2.47. The highest BCUT2D eigenvalue weighted by Crippen LogP contribution is 2.29. The molecule has 0 spiro atoms. The van der Waals surface area contributed by atoms with E-state index >= 15 is 0 Å². The maximum Gasteiger partial charge on any atom is 0.416 e. The van der Waals surface area contributed by atoms with Gasteiger partial charge in [0.1, 0.15) is 13.7 Å². The second-order valence-electron chi connectivity index (χ2n) is 5.89. The summed E-state index contributed by atoms with van der Waals surface area (Å²) in [6.45, 7) is 1.52. The van der Waals surface area contributed by atoms with Crippen LogP contribution in [0.4, 0.5) is 13.2 Å². The number of likely N-dealkylation sites (N-methyl/N-ethyl adjacent to an activating group) is 1. The number of hydrogen-bond donors (Lipinski definition) is 1. The molecule has 0 unspecified atom stereocenters. The predicted molar refractivity (Wildman–Crippen MR) is 102 cm³/mol. The van der Waals surface area contributed by atoms with E-state index in [9.17, 15) is 18.0 Å². The third-order valence-electron chi connectivity index (χ3n) is 3.93. The number of halogens is 3. The third kappa shape index (κ3) is 5.81. The topological polar surface area (TPSA) is 72.3 Å². The average molecular weight is 407 g/mol. The van der Waals surface area contributed by atoms with Crippen LogP contribution in [0.15, 0.2) is 58.8 Å². The summed E-state index contributed by atoms with van der Waals surface area (Å²) in [4.78, 5) is 22.1. The van der Waals surface area contributed by atoms with Crippen molar-refractivity contribution in [1.29, 1.82) is 0 Å². The van der Waals surface area contributed by atoms with Crippen LogP contribution in [0.2, 0.25) is 0 Å². The fraction of sp³-hybridized carbons (Fsp3) is 0.250. The number of alkyl halides is 3. The first-order valence-corrected chi connectivity index (χ1v) is 8.53. The van der Waals surface area contributed by atoms with Crippen molar-refractivity contribution in [2.75, 3.05) is 14.2 Å². The van der Waals surface area contributed by atoms with Crippen LogP contribution in [-0.4, -0.2) is 31.5 Å². The molecule has 0 saturated carbocycles. The van der Waals surface area contributed by atoms with Crippen LogP contribution in [0.25, 0.3) is 0 Å². The van der Waals surface area contributed by atoms with Gasteiger partial charge in [0.15, 0.2) is 5.71 Å². The lowest BCUT2D eigenvalue weighted by Gasteiger charge is -2.11. The maximum atomic E-state index is 12.9. The first-order chi connectivity index (χ1) is 13.8. The Hall–Kier alpha value is -3.36. The number of carbonyl (C=O) groups is 1. The van der Waals surface area contributed by atoms with Gasteiger partial charge in [-0.3, -0.25) is 4.79 Å². The lowest BCUT2D eigenvalue weighted by atomic mass is 10.0. The zero-order chi connectivity index (χ0) is 21.4. The Labute approximate surface area is 166 Å². The zero-order valence-corrected chi connectivity index (χ0v) is 16.1. The van der Waals surface area contributed by atoms with E-state index in [1.165, 1.54) is 26.3 Å². The minimum Gasteiger partial charge on any atom is -0.398 e. The van der Waals surface area contributed by atoms with Gasteiger partial charge in [-0.2, -0.15) is 13.2 Å². The van der Waals surface area contributed by atoms with E-state index in [0.717, 1.165) is 12.1 Å². The number of carbonyl (C=O) groups excluding carboxylic acids is 1. The predicted octanol–water partition coefficient (Wildman–Crippen LogP) is 3.74. The quantitative estimate of drug-likeness (QED) is 0.561. The van der Waals surface area contributed by atoms with Gasteiger partial charge in [0.25, 0.3) is 5.91 Å². The normalized spacial score (nSPS) is 12.5. The summed E-state index contributed by atoms with van der Waals surface area (Å²) in [5.74, 6) is -0.442. The molecule has 0 aliphatic heterocycles. The summed E-state index contributed by atoms with van der Waals surface area (Å²) in [6, 6.07) is 11.7. The summed E-state index contributed by atoms with van der Waals surface area (Å²) in [7, 11) is 2.79. The summed E-state index contributed by atoms with van der Waals surface area (Å²) < 4.78 is 38.6. The van der Waals surface area contributed by atoms with Gasteiger partial charge in [-0.15, -0.1) is 0 Å². The average Bonchev–Trinajstić information content (AvgIpc) is 2.71. The molecule has 0 aliphatic rings. The maximum absolute atomic E-state index is 12.9. The molecule has 9 heteroatoms. The van der Waals surface area contributed by atoms with Gasteiger partial charge in [-0.05, 0) is 24.6 Å². The lowest BCUT2D eigenvalue weighted by molar-refractivity contribution is -0.137. The standard InChI is InChI=1S/C20H20F3N3O3/c1-13(14-8-6-9-16(11-14)20(21,22)23)25-29-12-15-7-4-5-10-17(15)18(26-28-3)19(27)24-2/h4-11H,12H2,1-3H3,(H,24,27)/b25-13-,26-18-. The number of hydrogen-bond acceptors (Lipinski definition) is 5. The van der Waals surface area contributed by atoms with Crippen LogP contribution >= 0.6 is 0 Å². The molecule has 29 heavy (non-hydrogen) atoms. The monoisotopic (exact) mass is 407 g/mol. The molecule has 1 amide bonds. The van der Waals surface area contributed by atoms with Gasteiger partial charge in [0, 0.05) is 18.2 Å². The van der Waals surface area contributed by atoms with Crippen molar-refractivity contribution in [2.24, 2.45) is 10.3 Å².